The van der Waals surface area contributed by atoms with Gasteiger partial charge in [0.15, 0.2) is 0 Å². The highest BCUT2D eigenvalue weighted by molar-refractivity contribution is 7.89. The van der Waals surface area contributed by atoms with Gasteiger partial charge in [-0.05, 0) is 69.1 Å². The van der Waals surface area contributed by atoms with Crippen molar-refractivity contribution in [1.82, 2.24) is 4.31 Å². The van der Waals surface area contributed by atoms with Crippen molar-refractivity contribution in [2.24, 2.45) is 27.9 Å². The maximum atomic E-state index is 14.6. The lowest BCUT2D eigenvalue weighted by Gasteiger charge is -2.46. The van der Waals surface area contributed by atoms with Gasteiger partial charge in [0.25, 0.3) is 0 Å². The van der Waals surface area contributed by atoms with Crippen molar-refractivity contribution in [3.05, 3.63) is 0 Å². The number of rotatable bonds is 11. The van der Waals surface area contributed by atoms with Gasteiger partial charge in [-0.25, -0.2) is 8.42 Å². The van der Waals surface area contributed by atoms with Crippen LogP contribution in [0.4, 0.5) is 0 Å². The Hall–Kier alpha value is -0.660. The van der Waals surface area contributed by atoms with E-state index in [-0.39, 0.29) is 41.9 Å². The summed E-state index contributed by atoms with van der Waals surface area (Å²) in [5.74, 6) is 0.295. The van der Waals surface area contributed by atoms with E-state index in [1.54, 1.807) is 0 Å². The highest BCUT2D eigenvalue weighted by Gasteiger charge is 2.67. The minimum atomic E-state index is -3.53. The number of carbonyl (C=O) groups excluding carboxylic acids is 1. The van der Waals surface area contributed by atoms with E-state index in [1.165, 1.54) is 12.8 Å². The lowest BCUT2D eigenvalue weighted by molar-refractivity contribution is -0.169. The molecule has 2 N–H and O–H groups in total. The Kier molecular flexibility index (Phi) is 9.07. The van der Waals surface area contributed by atoms with E-state index in [0.29, 0.717) is 18.8 Å². The van der Waals surface area contributed by atoms with Crippen molar-refractivity contribution < 1.29 is 17.9 Å². The summed E-state index contributed by atoms with van der Waals surface area (Å²) in [5, 5.41) is 0. The van der Waals surface area contributed by atoms with Crippen LogP contribution in [0, 0.1) is 22.2 Å². The zero-order chi connectivity index (χ0) is 26.9. The molecule has 0 aromatic heterocycles. The fourth-order valence-electron chi connectivity index (χ4n) is 8.81. The van der Waals surface area contributed by atoms with Crippen LogP contribution in [0.3, 0.4) is 0 Å². The minimum Gasteiger partial charge on any atom is -0.461 e. The molecule has 0 aromatic carbocycles. The molecule has 0 aliphatic heterocycles. The lowest BCUT2D eigenvalue weighted by Crippen LogP contribution is -2.55. The van der Waals surface area contributed by atoms with Gasteiger partial charge in [0, 0.05) is 24.0 Å². The zero-order valence-corrected chi connectivity index (χ0v) is 24.9. The summed E-state index contributed by atoms with van der Waals surface area (Å²) in [6, 6.07) is 0.269. The Labute approximate surface area is 226 Å². The zero-order valence-electron chi connectivity index (χ0n) is 24.1. The van der Waals surface area contributed by atoms with E-state index >= 15 is 0 Å². The molecule has 0 unspecified atom stereocenters. The molecule has 0 heterocycles. The molecule has 0 radical (unpaired) electrons. The fraction of sp³-hybridized carbons (Fsp3) is 0.967. The summed E-state index contributed by atoms with van der Waals surface area (Å²) in [7, 11) is -3.53. The van der Waals surface area contributed by atoms with Crippen LogP contribution in [0.15, 0.2) is 0 Å². The standard InChI is InChI=1S/C30H54N2O4S/c1-5-18-29(6-2,21-31)27(33)36-26-20-23-17-19-30(26,28(23,3)4)22-37(34,35)32(24-13-9-7-10-14-24)25-15-11-8-12-16-25/h23-26H,5-22,31H2,1-4H3/t23-,26-,29+,30-/m1/s1. The van der Waals surface area contributed by atoms with E-state index in [0.717, 1.165) is 77.0 Å². The second-order valence-electron chi connectivity index (χ2n) is 13.5. The average Bonchev–Trinajstić information content (AvgIpc) is 3.23. The Balaban J connectivity index is 1.64. The second-order valence-corrected chi connectivity index (χ2v) is 15.4. The summed E-state index contributed by atoms with van der Waals surface area (Å²) < 4.78 is 37.5. The van der Waals surface area contributed by atoms with Gasteiger partial charge in [-0.1, -0.05) is 72.6 Å². The molecule has 6 nitrogen and oxygen atoms in total. The van der Waals surface area contributed by atoms with Crippen LogP contribution in [-0.4, -0.2) is 49.2 Å². The van der Waals surface area contributed by atoms with Crippen molar-refractivity contribution in [2.45, 2.75) is 149 Å². The Morgan fingerprint density at radius 2 is 1.54 bits per heavy atom. The second kappa shape index (κ2) is 11.4. The first-order chi connectivity index (χ1) is 17.6. The van der Waals surface area contributed by atoms with Crippen LogP contribution in [-0.2, 0) is 19.6 Å². The number of nitrogens with two attached hydrogens (primary N) is 1. The van der Waals surface area contributed by atoms with Crippen LogP contribution in [0.5, 0.6) is 0 Å². The minimum absolute atomic E-state index is 0.115. The number of ether oxygens (including phenoxy) is 1. The Morgan fingerprint density at radius 1 is 0.973 bits per heavy atom. The summed E-state index contributed by atoms with van der Waals surface area (Å²) in [6.45, 7) is 8.84. The molecule has 0 spiro atoms. The van der Waals surface area contributed by atoms with Gasteiger partial charge in [-0.3, -0.25) is 4.79 Å². The molecule has 2 bridgehead atoms. The summed E-state index contributed by atoms with van der Waals surface area (Å²) in [6.07, 6.45) is 15.4. The third kappa shape index (κ3) is 5.27. The average molecular weight is 539 g/mol. The first kappa shape index (κ1) is 29.3. The normalized spacial score (nSPS) is 32.5. The van der Waals surface area contributed by atoms with Crippen molar-refractivity contribution in [3.8, 4) is 0 Å². The number of fused-ring (bicyclic) bond motifs is 2. The fourth-order valence-corrected chi connectivity index (χ4v) is 11.6. The van der Waals surface area contributed by atoms with Crippen LogP contribution >= 0.6 is 0 Å². The number of hydrogen-bond acceptors (Lipinski definition) is 5. The molecule has 0 aromatic rings. The maximum Gasteiger partial charge on any atom is 0.313 e. The first-order valence-electron chi connectivity index (χ1n) is 15.5. The van der Waals surface area contributed by atoms with E-state index in [4.69, 9.17) is 10.5 Å². The summed E-state index contributed by atoms with van der Waals surface area (Å²) in [5.41, 5.74) is 4.76. The van der Waals surface area contributed by atoms with E-state index in [9.17, 15) is 13.2 Å². The van der Waals surface area contributed by atoms with E-state index < -0.39 is 20.9 Å². The monoisotopic (exact) mass is 538 g/mol. The maximum absolute atomic E-state index is 14.6. The van der Waals surface area contributed by atoms with Gasteiger partial charge in [-0.15, -0.1) is 0 Å². The molecule has 214 valence electrons. The first-order valence-corrected chi connectivity index (χ1v) is 17.1. The predicted molar refractivity (Wildman–Crippen MR) is 149 cm³/mol. The SMILES string of the molecule is CCC[C@@](CC)(CN)C(=O)O[C@@H]1C[C@H]2CC[C@]1(CS(=O)(=O)N(C1CCCCC1)C1CCCCC1)C2(C)C. The summed E-state index contributed by atoms with van der Waals surface area (Å²) in [4.78, 5) is 13.6. The predicted octanol–water partition coefficient (Wildman–Crippen LogP) is 6.18. The number of carbonyl (C=O) groups is 1. The molecule has 0 saturated heterocycles. The Morgan fingerprint density at radius 3 is 2.00 bits per heavy atom. The van der Waals surface area contributed by atoms with Crippen LogP contribution in [0.1, 0.15) is 130 Å². The molecule has 7 heteroatoms. The van der Waals surface area contributed by atoms with Crippen molar-refractivity contribution in [2.75, 3.05) is 12.3 Å². The van der Waals surface area contributed by atoms with Gasteiger partial charge in [-0.2, -0.15) is 4.31 Å². The van der Waals surface area contributed by atoms with Crippen LogP contribution < -0.4 is 5.73 Å². The molecule has 4 atom stereocenters. The molecule has 4 aliphatic rings. The van der Waals surface area contributed by atoms with Crippen molar-refractivity contribution >= 4 is 16.0 Å². The quantitative estimate of drug-likeness (QED) is 0.317. The number of hydrogen-bond donors (Lipinski definition) is 1. The largest absolute Gasteiger partial charge is 0.461 e. The van der Waals surface area contributed by atoms with Crippen LogP contribution in [0.2, 0.25) is 0 Å². The van der Waals surface area contributed by atoms with Gasteiger partial charge in [0.05, 0.1) is 11.2 Å². The lowest BCUT2D eigenvalue weighted by atomic mass is 9.69. The van der Waals surface area contributed by atoms with Gasteiger partial charge in [0.1, 0.15) is 6.10 Å². The molecule has 37 heavy (non-hydrogen) atoms. The van der Waals surface area contributed by atoms with Gasteiger partial charge < -0.3 is 10.5 Å². The highest BCUT2D eigenvalue weighted by atomic mass is 32.2. The van der Waals surface area contributed by atoms with E-state index in [2.05, 4.69) is 20.8 Å². The topological polar surface area (TPSA) is 89.7 Å². The third-order valence-corrected chi connectivity index (χ3v) is 13.6. The Bertz CT molecular complexity index is 869. The molecule has 4 rings (SSSR count). The van der Waals surface area contributed by atoms with Crippen molar-refractivity contribution in [3.63, 3.8) is 0 Å². The number of esters is 1. The highest BCUT2D eigenvalue weighted by Crippen LogP contribution is 2.67. The van der Waals surface area contributed by atoms with Crippen LogP contribution in [0.25, 0.3) is 0 Å². The molecule has 0 amide bonds. The number of sulfonamides is 1. The molecule has 4 fully saturated rings. The van der Waals surface area contributed by atoms with Gasteiger partial charge in [0.2, 0.25) is 10.0 Å². The molecule has 4 saturated carbocycles. The van der Waals surface area contributed by atoms with Crippen molar-refractivity contribution in [1.29, 1.82) is 0 Å². The molecular formula is C30H54N2O4S. The van der Waals surface area contributed by atoms with Gasteiger partial charge >= 0.3 is 5.97 Å². The molecule has 4 aliphatic carbocycles. The number of nitrogens with zero attached hydrogens (tertiary/aromatic N) is 1. The smallest absolute Gasteiger partial charge is 0.313 e. The van der Waals surface area contributed by atoms with E-state index in [1.807, 2.05) is 11.2 Å². The third-order valence-electron chi connectivity index (χ3n) is 11.5. The molecular weight excluding hydrogens is 484 g/mol. The summed E-state index contributed by atoms with van der Waals surface area (Å²) >= 11 is 0.